The number of amides is 2. The number of nitrogens with zero attached hydrogens (tertiary/aromatic N) is 1. The molecule has 3 aromatic carbocycles. The van der Waals surface area contributed by atoms with Gasteiger partial charge >= 0.3 is 0 Å². The minimum absolute atomic E-state index is 0.0927. The Bertz CT molecular complexity index is 1220. The van der Waals surface area contributed by atoms with Crippen molar-refractivity contribution in [1.29, 1.82) is 0 Å². The molecule has 0 aromatic heterocycles. The molecule has 8 heteroatoms. The molecule has 0 radical (unpaired) electrons. The SMILES string of the molecule is O=C(NC1CCCCC1)[C@@H](Cc1ccccc1)N(Cc1ccc(F)cc1)C(=O)COc1ccc(Br)cc1Cl. The zero-order chi connectivity index (χ0) is 26.9. The molecule has 3 aromatic rings. The molecule has 1 fully saturated rings. The van der Waals surface area contributed by atoms with Crippen molar-refractivity contribution < 1.29 is 18.7 Å². The van der Waals surface area contributed by atoms with Crippen molar-refractivity contribution in [2.75, 3.05) is 6.61 Å². The molecule has 0 saturated heterocycles. The van der Waals surface area contributed by atoms with Crippen LogP contribution < -0.4 is 10.1 Å². The maximum absolute atomic E-state index is 13.7. The molecule has 1 aliphatic rings. The van der Waals surface area contributed by atoms with Crippen molar-refractivity contribution in [1.82, 2.24) is 10.2 Å². The van der Waals surface area contributed by atoms with Crippen LogP contribution in [0.15, 0.2) is 77.3 Å². The van der Waals surface area contributed by atoms with Crippen LogP contribution in [-0.2, 0) is 22.6 Å². The first kappa shape index (κ1) is 28.1. The second-order valence-corrected chi connectivity index (χ2v) is 10.9. The molecule has 200 valence electrons. The molecule has 4 rings (SSSR count). The highest BCUT2D eigenvalue weighted by atomic mass is 79.9. The Kier molecular flexibility index (Phi) is 10.2. The van der Waals surface area contributed by atoms with Crippen molar-refractivity contribution in [3.8, 4) is 5.75 Å². The summed E-state index contributed by atoms with van der Waals surface area (Å²) < 4.78 is 20.2. The van der Waals surface area contributed by atoms with Gasteiger partial charge in [-0.3, -0.25) is 9.59 Å². The lowest BCUT2D eigenvalue weighted by atomic mass is 9.94. The largest absolute Gasteiger partial charge is 0.482 e. The van der Waals surface area contributed by atoms with Crippen molar-refractivity contribution in [2.45, 2.75) is 57.2 Å². The third-order valence-electron chi connectivity index (χ3n) is 6.73. The smallest absolute Gasteiger partial charge is 0.261 e. The van der Waals surface area contributed by atoms with E-state index in [0.29, 0.717) is 22.8 Å². The Hall–Kier alpha value is -2.90. The number of benzene rings is 3. The van der Waals surface area contributed by atoms with E-state index < -0.39 is 6.04 Å². The van der Waals surface area contributed by atoms with E-state index in [1.165, 1.54) is 23.5 Å². The van der Waals surface area contributed by atoms with Crippen LogP contribution in [0.5, 0.6) is 5.75 Å². The van der Waals surface area contributed by atoms with Gasteiger partial charge < -0.3 is 15.0 Å². The number of hydrogen-bond acceptors (Lipinski definition) is 3. The summed E-state index contributed by atoms with van der Waals surface area (Å²) in [5.74, 6) is -0.558. The topological polar surface area (TPSA) is 58.6 Å². The Labute approximate surface area is 236 Å². The highest BCUT2D eigenvalue weighted by Gasteiger charge is 2.32. The van der Waals surface area contributed by atoms with Gasteiger partial charge in [-0.1, -0.05) is 89.3 Å². The second kappa shape index (κ2) is 13.8. The summed E-state index contributed by atoms with van der Waals surface area (Å²) in [4.78, 5) is 29.0. The van der Waals surface area contributed by atoms with Gasteiger partial charge in [0, 0.05) is 23.5 Å². The number of rotatable bonds is 10. The van der Waals surface area contributed by atoms with Crippen molar-refractivity contribution in [3.63, 3.8) is 0 Å². The summed E-state index contributed by atoms with van der Waals surface area (Å²) >= 11 is 9.65. The first-order chi connectivity index (χ1) is 18.4. The van der Waals surface area contributed by atoms with Crippen LogP contribution in [0.3, 0.4) is 0 Å². The summed E-state index contributed by atoms with van der Waals surface area (Å²) in [6, 6.07) is 20.0. The number of carbonyl (C=O) groups is 2. The van der Waals surface area contributed by atoms with Gasteiger partial charge in [0.25, 0.3) is 5.91 Å². The fraction of sp³-hybridized carbons (Fsp3) is 0.333. The van der Waals surface area contributed by atoms with E-state index in [4.69, 9.17) is 16.3 Å². The van der Waals surface area contributed by atoms with Gasteiger partial charge in [-0.05, 0) is 54.3 Å². The molecular formula is C30H31BrClFN2O3. The number of hydrogen-bond donors (Lipinski definition) is 1. The van der Waals surface area contributed by atoms with Crippen LogP contribution in [-0.4, -0.2) is 35.4 Å². The molecule has 1 atom stereocenters. The fourth-order valence-electron chi connectivity index (χ4n) is 4.70. The predicted molar refractivity (Wildman–Crippen MR) is 151 cm³/mol. The molecule has 0 unspecified atom stereocenters. The maximum atomic E-state index is 13.7. The van der Waals surface area contributed by atoms with Crippen LogP contribution in [0.25, 0.3) is 0 Å². The van der Waals surface area contributed by atoms with Gasteiger partial charge in [-0.15, -0.1) is 0 Å². The first-order valence-electron chi connectivity index (χ1n) is 12.8. The van der Waals surface area contributed by atoms with Gasteiger partial charge in [-0.2, -0.15) is 0 Å². The van der Waals surface area contributed by atoms with Crippen LogP contribution in [0.4, 0.5) is 4.39 Å². The van der Waals surface area contributed by atoms with Crippen molar-refractivity contribution in [2.24, 2.45) is 0 Å². The van der Waals surface area contributed by atoms with E-state index in [0.717, 1.165) is 35.7 Å². The van der Waals surface area contributed by atoms with E-state index >= 15 is 0 Å². The lowest BCUT2D eigenvalue weighted by molar-refractivity contribution is -0.143. The van der Waals surface area contributed by atoms with Gasteiger partial charge in [0.15, 0.2) is 6.61 Å². The summed E-state index contributed by atoms with van der Waals surface area (Å²) in [7, 11) is 0. The Morgan fingerprint density at radius 2 is 1.71 bits per heavy atom. The minimum Gasteiger partial charge on any atom is -0.482 e. The highest BCUT2D eigenvalue weighted by molar-refractivity contribution is 9.10. The molecule has 1 saturated carbocycles. The summed E-state index contributed by atoms with van der Waals surface area (Å²) in [6.07, 6.45) is 5.53. The van der Waals surface area contributed by atoms with E-state index in [1.807, 2.05) is 30.3 Å². The zero-order valence-electron chi connectivity index (χ0n) is 21.0. The van der Waals surface area contributed by atoms with Gasteiger partial charge in [0.1, 0.15) is 17.6 Å². The molecule has 0 aliphatic heterocycles. The lowest BCUT2D eigenvalue weighted by Gasteiger charge is -2.33. The number of ether oxygens (including phenoxy) is 1. The Balaban J connectivity index is 1.61. The maximum Gasteiger partial charge on any atom is 0.261 e. The van der Waals surface area contributed by atoms with E-state index in [1.54, 1.807) is 30.3 Å². The van der Waals surface area contributed by atoms with Gasteiger partial charge in [0.05, 0.1) is 5.02 Å². The van der Waals surface area contributed by atoms with Crippen LogP contribution in [0.2, 0.25) is 5.02 Å². The standard InChI is InChI=1S/C30H31BrClFN2O3/c31-23-13-16-28(26(32)18-23)38-20-29(36)35(19-22-11-14-24(33)15-12-22)27(17-21-7-3-1-4-8-21)30(37)34-25-9-5-2-6-10-25/h1,3-4,7-8,11-16,18,25,27H,2,5-6,9-10,17,19-20H2,(H,34,37)/t27-/m1/s1. The van der Waals surface area contributed by atoms with Crippen LogP contribution >= 0.6 is 27.5 Å². The summed E-state index contributed by atoms with van der Waals surface area (Å²) in [6.45, 7) is -0.170. The lowest BCUT2D eigenvalue weighted by Crippen LogP contribution is -2.53. The Morgan fingerprint density at radius 1 is 1.00 bits per heavy atom. The third-order valence-corrected chi connectivity index (χ3v) is 7.52. The fourth-order valence-corrected chi connectivity index (χ4v) is 5.43. The average molecular weight is 602 g/mol. The number of halogens is 3. The monoisotopic (exact) mass is 600 g/mol. The molecule has 5 nitrogen and oxygen atoms in total. The van der Waals surface area contributed by atoms with E-state index in [2.05, 4.69) is 21.2 Å². The number of nitrogens with one attached hydrogen (secondary N) is 1. The van der Waals surface area contributed by atoms with E-state index in [9.17, 15) is 14.0 Å². The molecule has 0 spiro atoms. The molecule has 2 amide bonds. The first-order valence-corrected chi connectivity index (χ1v) is 14.0. The van der Waals surface area contributed by atoms with Crippen LogP contribution in [0.1, 0.15) is 43.2 Å². The molecule has 0 heterocycles. The zero-order valence-corrected chi connectivity index (χ0v) is 23.4. The summed E-state index contributed by atoms with van der Waals surface area (Å²) in [5, 5.41) is 3.57. The normalized spacial score (nSPS) is 14.5. The van der Waals surface area contributed by atoms with Gasteiger partial charge in [-0.25, -0.2) is 4.39 Å². The van der Waals surface area contributed by atoms with E-state index in [-0.39, 0.29) is 36.8 Å². The predicted octanol–water partition coefficient (Wildman–Crippen LogP) is 6.71. The quantitative estimate of drug-likeness (QED) is 0.281. The van der Waals surface area contributed by atoms with Crippen molar-refractivity contribution in [3.05, 3.63) is 99.2 Å². The van der Waals surface area contributed by atoms with Crippen molar-refractivity contribution >= 4 is 39.3 Å². The molecular weight excluding hydrogens is 571 g/mol. The number of carbonyl (C=O) groups excluding carboxylic acids is 2. The minimum atomic E-state index is -0.777. The Morgan fingerprint density at radius 3 is 2.39 bits per heavy atom. The highest BCUT2D eigenvalue weighted by Crippen LogP contribution is 2.28. The third kappa shape index (κ3) is 8.05. The van der Waals surface area contributed by atoms with Gasteiger partial charge in [0.2, 0.25) is 5.91 Å². The second-order valence-electron chi connectivity index (χ2n) is 9.56. The molecule has 38 heavy (non-hydrogen) atoms. The summed E-state index contributed by atoms with van der Waals surface area (Å²) in [5.41, 5.74) is 1.65. The average Bonchev–Trinajstić information content (AvgIpc) is 2.92. The molecule has 0 bridgehead atoms. The molecule has 1 N–H and O–H groups in total. The van der Waals surface area contributed by atoms with Crippen LogP contribution in [0, 0.1) is 5.82 Å². The molecule has 1 aliphatic carbocycles.